The van der Waals surface area contributed by atoms with Gasteiger partial charge in [-0.15, -0.1) is 0 Å². The van der Waals surface area contributed by atoms with Crippen molar-refractivity contribution in [2.75, 3.05) is 0 Å². The maximum atomic E-state index is 13.7. The number of carbonyl (C=O) groups excluding carboxylic acids is 1. The predicted octanol–water partition coefficient (Wildman–Crippen LogP) is 5.41. The molecule has 2 N–H and O–H groups in total. The largest absolute Gasteiger partial charge is 0.435 e. The van der Waals surface area contributed by atoms with Crippen molar-refractivity contribution >= 4 is 5.91 Å². The Balaban J connectivity index is 1.70. The van der Waals surface area contributed by atoms with E-state index in [0.29, 0.717) is 11.1 Å². The van der Waals surface area contributed by atoms with Gasteiger partial charge in [-0.2, -0.15) is 18.3 Å². The van der Waals surface area contributed by atoms with Crippen LogP contribution in [0.25, 0.3) is 11.1 Å². The lowest BCUT2D eigenvalue weighted by Gasteiger charge is -2.20. The molecule has 1 heterocycles. The van der Waals surface area contributed by atoms with E-state index in [1.807, 2.05) is 0 Å². The lowest BCUT2D eigenvalue weighted by atomic mass is 9.97. The monoisotopic (exact) mass is 475 g/mol. The summed E-state index contributed by atoms with van der Waals surface area (Å²) in [6, 6.07) is 8.60. The fraction of sp³-hybridized carbons (Fsp3) is 0.360. The SMILES string of the molecule is CCn1cc(-c2cc(CO)cc(C(=O)N[C@H](c3ccc(F)c(C)c3)C3CC3)c2)c(C(F)(F)F)n1. The maximum Gasteiger partial charge on any atom is 0.435 e. The van der Waals surface area contributed by atoms with Crippen LogP contribution in [0.5, 0.6) is 0 Å². The van der Waals surface area contributed by atoms with Crippen LogP contribution in [0, 0.1) is 18.7 Å². The molecular formula is C25H25F4N3O2. The molecule has 0 unspecified atom stereocenters. The summed E-state index contributed by atoms with van der Waals surface area (Å²) in [6.45, 7) is 3.13. The molecule has 0 saturated heterocycles. The molecule has 9 heteroatoms. The van der Waals surface area contributed by atoms with Crippen molar-refractivity contribution in [2.24, 2.45) is 5.92 Å². The van der Waals surface area contributed by atoms with Crippen LogP contribution in [0.3, 0.4) is 0 Å². The zero-order valence-corrected chi connectivity index (χ0v) is 18.8. The van der Waals surface area contributed by atoms with E-state index in [-0.39, 0.29) is 41.0 Å². The van der Waals surface area contributed by atoms with Crippen LogP contribution >= 0.6 is 0 Å². The Bertz CT molecular complexity index is 1220. The number of benzene rings is 2. The molecule has 1 fully saturated rings. The summed E-state index contributed by atoms with van der Waals surface area (Å²) >= 11 is 0. The topological polar surface area (TPSA) is 67.2 Å². The first-order valence-corrected chi connectivity index (χ1v) is 11.1. The average Bonchev–Trinajstić information content (AvgIpc) is 3.54. The third-order valence-corrected chi connectivity index (χ3v) is 6.02. The highest BCUT2D eigenvalue weighted by atomic mass is 19.4. The molecule has 0 aliphatic heterocycles. The Labute approximate surface area is 194 Å². The van der Waals surface area contributed by atoms with E-state index in [0.717, 1.165) is 18.4 Å². The van der Waals surface area contributed by atoms with Crippen molar-refractivity contribution < 1.29 is 27.5 Å². The van der Waals surface area contributed by atoms with Crippen molar-refractivity contribution in [1.82, 2.24) is 15.1 Å². The first kappa shape index (κ1) is 23.9. The second-order valence-electron chi connectivity index (χ2n) is 8.62. The quantitative estimate of drug-likeness (QED) is 0.449. The summed E-state index contributed by atoms with van der Waals surface area (Å²) in [4.78, 5) is 13.2. The summed E-state index contributed by atoms with van der Waals surface area (Å²) in [5.41, 5.74) is 0.611. The Morgan fingerprint density at radius 2 is 1.97 bits per heavy atom. The van der Waals surface area contributed by atoms with Crippen molar-refractivity contribution in [2.45, 2.75) is 52.1 Å². The minimum atomic E-state index is -4.68. The number of rotatable bonds is 7. The van der Waals surface area contributed by atoms with Crippen LogP contribution in [0.15, 0.2) is 42.6 Å². The summed E-state index contributed by atoms with van der Waals surface area (Å²) in [6.07, 6.45) is -1.57. The molecular weight excluding hydrogens is 450 g/mol. The summed E-state index contributed by atoms with van der Waals surface area (Å²) in [7, 11) is 0. The lowest BCUT2D eigenvalue weighted by Crippen LogP contribution is -2.30. The second kappa shape index (κ2) is 9.21. The number of aryl methyl sites for hydroxylation is 2. The number of amides is 1. The van der Waals surface area contributed by atoms with Crippen molar-refractivity contribution in [1.29, 1.82) is 0 Å². The molecule has 2 aromatic carbocycles. The van der Waals surface area contributed by atoms with Crippen LogP contribution in [0.4, 0.5) is 17.6 Å². The van der Waals surface area contributed by atoms with Gasteiger partial charge in [0.2, 0.25) is 0 Å². The van der Waals surface area contributed by atoms with Gasteiger partial charge in [-0.25, -0.2) is 4.39 Å². The van der Waals surface area contributed by atoms with E-state index in [1.165, 1.54) is 35.1 Å². The predicted molar refractivity (Wildman–Crippen MR) is 118 cm³/mol. The number of halogens is 4. The number of aromatic nitrogens is 2. The highest BCUT2D eigenvalue weighted by Gasteiger charge is 2.38. The van der Waals surface area contributed by atoms with Crippen LogP contribution in [0.2, 0.25) is 0 Å². The molecule has 1 amide bonds. The standard InChI is InChI=1S/C25H25F4N3O2/c1-3-32-12-20(23(31-32)25(27,28)29)18-9-15(13-33)10-19(11-18)24(34)30-22(16-4-5-16)17-6-7-21(26)14(2)8-17/h6-12,16,22,33H,3-5,13H2,1-2H3,(H,30,34)/t22-/m0/s1. The van der Waals surface area contributed by atoms with Crippen LogP contribution in [-0.2, 0) is 19.3 Å². The average molecular weight is 475 g/mol. The molecule has 1 aliphatic rings. The number of hydrogen-bond acceptors (Lipinski definition) is 3. The summed E-state index contributed by atoms with van der Waals surface area (Å²) in [5.74, 6) is -0.612. The molecule has 5 nitrogen and oxygen atoms in total. The molecule has 1 saturated carbocycles. The fourth-order valence-corrected chi connectivity index (χ4v) is 4.06. The molecule has 3 aromatic rings. The highest BCUT2D eigenvalue weighted by Crippen LogP contribution is 2.42. The molecule has 0 bridgehead atoms. The van der Waals surface area contributed by atoms with E-state index >= 15 is 0 Å². The Morgan fingerprint density at radius 1 is 1.24 bits per heavy atom. The summed E-state index contributed by atoms with van der Waals surface area (Å²) < 4.78 is 55.8. The first-order chi connectivity index (χ1) is 16.1. The Hall–Kier alpha value is -3.20. The van der Waals surface area contributed by atoms with Crippen LogP contribution < -0.4 is 5.32 Å². The fourth-order valence-electron chi connectivity index (χ4n) is 4.06. The van der Waals surface area contributed by atoms with Crippen molar-refractivity contribution in [3.63, 3.8) is 0 Å². The van der Waals surface area contributed by atoms with Gasteiger partial charge in [-0.3, -0.25) is 9.48 Å². The maximum absolute atomic E-state index is 13.7. The molecule has 180 valence electrons. The molecule has 1 atom stereocenters. The van der Waals surface area contributed by atoms with Crippen LogP contribution in [0.1, 0.15) is 58.5 Å². The van der Waals surface area contributed by atoms with Gasteiger partial charge in [0, 0.05) is 23.9 Å². The van der Waals surface area contributed by atoms with E-state index in [2.05, 4.69) is 10.4 Å². The number of aliphatic hydroxyl groups is 1. The normalized spacial score (nSPS) is 14.8. The van der Waals surface area contributed by atoms with Gasteiger partial charge in [0.1, 0.15) is 5.82 Å². The molecule has 1 aromatic heterocycles. The van der Waals surface area contributed by atoms with E-state index in [4.69, 9.17) is 0 Å². The minimum absolute atomic E-state index is 0.128. The van der Waals surface area contributed by atoms with E-state index in [1.54, 1.807) is 26.0 Å². The molecule has 34 heavy (non-hydrogen) atoms. The number of nitrogens with zero attached hydrogens (tertiary/aromatic N) is 2. The van der Waals surface area contributed by atoms with E-state index < -0.39 is 24.4 Å². The Kier molecular flexibility index (Phi) is 6.49. The Morgan fingerprint density at radius 3 is 2.56 bits per heavy atom. The van der Waals surface area contributed by atoms with Crippen molar-refractivity contribution in [3.05, 3.63) is 76.4 Å². The van der Waals surface area contributed by atoms with Crippen molar-refractivity contribution in [3.8, 4) is 11.1 Å². The van der Waals surface area contributed by atoms with Gasteiger partial charge < -0.3 is 10.4 Å². The first-order valence-electron chi connectivity index (χ1n) is 11.1. The zero-order chi connectivity index (χ0) is 24.6. The van der Waals surface area contributed by atoms with Gasteiger partial charge in [0.15, 0.2) is 5.69 Å². The number of aliphatic hydroxyl groups excluding tert-OH is 1. The van der Waals surface area contributed by atoms with Crippen LogP contribution in [-0.4, -0.2) is 20.8 Å². The lowest BCUT2D eigenvalue weighted by molar-refractivity contribution is -0.141. The smallest absolute Gasteiger partial charge is 0.392 e. The molecule has 0 spiro atoms. The highest BCUT2D eigenvalue weighted by molar-refractivity contribution is 5.96. The third-order valence-electron chi connectivity index (χ3n) is 6.02. The second-order valence-corrected chi connectivity index (χ2v) is 8.62. The van der Waals surface area contributed by atoms with Gasteiger partial charge in [-0.1, -0.05) is 12.1 Å². The van der Waals surface area contributed by atoms with E-state index in [9.17, 15) is 27.5 Å². The minimum Gasteiger partial charge on any atom is -0.392 e. The molecule has 4 rings (SSSR count). The number of alkyl halides is 3. The molecule has 0 radical (unpaired) electrons. The number of carbonyl (C=O) groups is 1. The van der Waals surface area contributed by atoms with Gasteiger partial charge in [0.25, 0.3) is 5.91 Å². The zero-order valence-electron chi connectivity index (χ0n) is 18.8. The number of hydrogen-bond donors (Lipinski definition) is 2. The molecule has 1 aliphatic carbocycles. The van der Waals surface area contributed by atoms with Gasteiger partial charge in [0.05, 0.1) is 12.6 Å². The number of nitrogens with one attached hydrogen (secondary N) is 1. The summed E-state index contributed by atoms with van der Waals surface area (Å²) in [5, 5.41) is 16.3. The van der Waals surface area contributed by atoms with Gasteiger partial charge >= 0.3 is 6.18 Å². The third kappa shape index (κ3) is 4.99. The van der Waals surface area contributed by atoms with Gasteiger partial charge in [-0.05, 0) is 79.1 Å².